The fraction of sp³-hybridized carbons (Fsp3) is 0.120. The summed E-state index contributed by atoms with van der Waals surface area (Å²) in [5.41, 5.74) is 1.56. The van der Waals surface area contributed by atoms with E-state index in [1.165, 1.54) is 0 Å². The second kappa shape index (κ2) is 9.16. The van der Waals surface area contributed by atoms with Gasteiger partial charge in [0.15, 0.2) is 18.1 Å². The van der Waals surface area contributed by atoms with Crippen LogP contribution in [0.1, 0.15) is 26.3 Å². The lowest BCUT2D eigenvalue weighted by Gasteiger charge is -2.08. The Morgan fingerprint density at radius 2 is 1.72 bits per heavy atom. The van der Waals surface area contributed by atoms with Gasteiger partial charge in [0.05, 0.1) is 19.8 Å². The maximum Gasteiger partial charge on any atom is 0.231 e. The highest BCUT2D eigenvalue weighted by Gasteiger charge is 2.28. The summed E-state index contributed by atoms with van der Waals surface area (Å²) in [5.74, 6) is 1.69. The van der Waals surface area contributed by atoms with E-state index >= 15 is 0 Å². The number of fused-ring (bicyclic) bond motifs is 1. The van der Waals surface area contributed by atoms with Crippen molar-refractivity contribution in [2.24, 2.45) is 0 Å². The Bertz CT molecular complexity index is 1210. The van der Waals surface area contributed by atoms with Crippen LogP contribution in [-0.2, 0) is 0 Å². The average Bonchev–Trinajstić information content (AvgIpc) is 3.12. The minimum Gasteiger partial charge on any atom is -0.497 e. The highest BCUT2D eigenvalue weighted by atomic mass is 35.5. The number of carbonyl (C=O) groups is 2. The fourth-order valence-electron chi connectivity index (χ4n) is 3.22. The van der Waals surface area contributed by atoms with Gasteiger partial charge >= 0.3 is 0 Å². The SMILES string of the molecule is COc1ccc(OC)c(C=C2Oc3cc(OCC(=O)c4ccc(Cl)cc4)ccc3C2=O)c1. The Balaban J connectivity index is 1.50. The number of hydrogen-bond acceptors (Lipinski definition) is 6. The summed E-state index contributed by atoms with van der Waals surface area (Å²) in [6.07, 6.45) is 1.61. The van der Waals surface area contributed by atoms with Crippen LogP contribution in [0.4, 0.5) is 0 Å². The molecule has 3 aromatic rings. The highest BCUT2D eigenvalue weighted by Crippen LogP contribution is 2.36. The third kappa shape index (κ3) is 4.45. The van der Waals surface area contributed by atoms with Crippen LogP contribution in [0.15, 0.2) is 66.4 Å². The third-order valence-electron chi connectivity index (χ3n) is 4.90. The van der Waals surface area contributed by atoms with Gasteiger partial charge in [0.25, 0.3) is 0 Å². The van der Waals surface area contributed by atoms with Crippen LogP contribution in [0.2, 0.25) is 5.02 Å². The van der Waals surface area contributed by atoms with E-state index in [9.17, 15) is 9.59 Å². The zero-order valence-electron chi connectivity index (χ0n) is 17.4. The van der Waals surface area contributed by atoms with Crippen LogP contribution in [0, 0.1) is 0 Å². The Labute approximate surface area is 189 Å². The molecular weight excluding hydrogens is 432 g/mol. The number of methoxy groups -OCH3 is 2. The quantitative estimate of drug-likeness (QED) is 0.362. The van der Waals surface area contributed by atoms with E-state index in [1.807, 2.05) is 0 Å². The second-order valence-corrected chi connectivity index (χ2v) is 7.36. The second-order valence-electron chi connectivity index (χ2n) is 6.92. The van der Waals surface area contributed by atoms with Gasteiger partial charge in [-0.05, 0) is 60.7 Å². The molecule has 0 spiro atoms. The molecule has 1 heterocycles. The lowest BCUT2D eigenvalue weighted by molar-refractivity contribution is 0.0921. The van der Waals surface area contributed by atoms with Crippen LogP contribution in [0.5, 0.6) is 23.0 Å². The zero-order valence-corrected chi connectivity index (χ0v) is 18.1. The van der Waals surface area contributed by atoms with Crippen molar-refractivity contribution in [3.05, 3.63) is 88.1 Å². The van der Waals surface area contributed by atoms with Gasteiger partial charge in [0, 0.05) is 22.2 Å². The number of carbonyl (C=O) groups excluding carboxylic acids is 2. The molecule has 1 aliphatic heterocycles. The monoisotopic (exact) mass is 450 g/mol. The van der Waals surface area contributed by atoms with Gasteiger partial charge in [-0.15, -0.1) is 0 Å². The number of halogens is 1. The third-order valence-corrected chi connectivity index (χ3v) is 5.15. The molecular formula is C25H19ClO6. The molecule has 1 aliphatic rings. The van der Waals surface area contributed by atoms with Crippen molar-refractivity contribution >= 4 is 29.2 Å². The topological polar surface area (TPSA) is 71.1 Å². The van der Waals surface area contributed by atoms with E-state index in [0.717, 1.165) is 0 Å². The number of benzene rings is 3. The summed E-state index contributed by atoms with van der Waals surface area (Å²) in [5, 5.41) is 0.554. The lowest BCUT2D eigenvalue weighted by atomic mass is 10.1. The summed E-state index contributed by atoms with van der Waals surface area (Å²) in [6, 6.07) is 16.7. The summed E-state index contributed by atoms with van der Waals surface area (Å²) in [4.78, 5) is 25.1. The van der Waals surface area contributed by atoms with Gasteiger partial charge in [0.1, 0.15) is 23.0 Å². The first-order valence-electron chi connectivity index (χ1n) is 9.70. The predicted octanol–water partition coefficient (Wildman–Crippen LogP) is 5.24. The summed E-state index contributed by atoms with van der Waals surface area (Å²) < 4.78 is 22.0. The number of allylic oxidation sites excluding steroid dienone is 1. The Morgan fingerprint density at radius 3 is 2.44 bits per heavy atom. The average molecular weight is 451 g/mol. The molecule has 0 aromatic heterocycles. The van der Waals surface area contributed by atoms with Crippen molar-refractivity contribution in [2.75, 3.05) is 20.8 Å². The molecule has 162 valence electrons. The normalized spacial score (nSPS) is 13.5. The first-order chi connectivity index (χ1) is 15.5. The molecule has 6 nitrogen and oxygen atoms in total. The molecule has 0 unspecified atom stereocenters. The molecule has 32 heavy (non-hydrogen) atoms. The molecule has 0 amide bonds. The molecule has 7 heteroatoms. The standard InChI is InChI=1S/C25H19ClO6/c1-29-18-8-10-22(30-2)16(11-18)12-24-25(28)20-9-7-19(13-23(20)32-24)31-14-21(27)15-3-5-17(26)6-4-15/h3-13H,14H2,1-2H3. The summed E-state index contributed by atoms with van der Waals surface area (Å²) in [6.45, 7) is -0.155. The number of ether oxygens (including phenoxy) is 4. The molecule has 0 bridgehead atoms. The van der Waals surface area contributed by atoms with Crippen LogP contribution < -0.4 is 18.9 Å². The first kappa shape index (κ1) is 21.5. The van der Waals surface area contributed by atoms with Gasteiger partial charge in [-0.1, -0.05) is 11.6 Å². The largest absolute Gasteiger partial charge is 0.497 e. The number of Topliss-reactive ketones (excluding diaryl/α,β-unsaturated/α-hetero) is 2. The minimum absolute atomic E-state index is 0.154. The molecule has 0 atom stereocenters. The maximum absolute atomic E-state index is 12.8. The van der Waals surface area contributed by atoms with Gasteiger partial charge in [-0.25, -0.2) is 0 Å². The van der Waals surface area contributed by atoms with Crippen molar-refractivity contribution in [3.8, 4) is 23.0 Å². The van der Waals surface area contributed by atoms with Crippen molar-refractivity contribution in [1.29, 1.82) is 0 Å². The first-order valence-corrected chi connectivity index (χ1v) is 10.1. The van der Waals surface area contributed by atoms with Crippen LogP contribution in [0.25, 0.3) is 6.08 Å². The molecule has 4 rings (SSSR count). The Hall–Kier alpha value is -3.77. The number of rotatable bonds is 7. The molecule has 0 saturated carbocycles. The van der Waals surface area contributed by atoms with Gasteiger partial charge in [0.2, 0.25) is 5.78 Å². The van der Waals surface area contributed by atoms with E-state index in [0.29, 0.717) is 44.7 Å². The molecule has 3 aromatic carbocycles. The van der Waals surface area contributed by atoms with E-state index in [1.54, 1.807) is 81.0 Å². The van der Waals surface area contributed by atoms with Gasteiger partial charge < -0.3 is 18.9 Å². The van der Waals surface area contributed by atoms with E-state index in [2.05, 4.69) is 0 Å². The lowest BCUT2D eigenvalue weighted by Crippen LogP contribution is -2.11. The Morgan fingerprint density at radius 1 is 0.969 bits per heavy atom. The zero-order chi connectivity index (χ0) is 22.7. The molecule has 0 N–H and O–H groups in total. The fourth-order valence-corrected chi connectivity index (χ4v) is 3.34. The Kier molecular flexibility index (Phi) is 6.14. The van der Waals surface area contributed by atoms with Gasteiger partial charge in [-0.2, -0.15) is 0 Å². The molecule has 0 saturated heterocycles. The minimum atomic E-state index is -0.256. The maximum atomic E-state index is 12.8. The van der Waals surface area contributed by atoms with Crippen molar-refractivity contribution in [3.63, 3.8) is 0 Å². The van der Waals surface area contributed by atoms with E-state index < -0.39 is 0 Å². The van der Waals surface area contributed by atoms with E-state index in [4.69, 9.17) is 30.5 Å². The molecule has 0 aliphatic carbocycles. The van der Waals surface area contributed by atoms with Crippen molar-refractivity contribution in [1.82, 2.24) is 0 Å². The van der Waals surface area contributed by atoms with Crippen LogP contribution >= 0.6 is 11.6 Å². The predicted molar refractivity (Wildman–Crippen MR) is 120 cm³/mol. The van der Waals surface area contributed by atoms with Crippen LogP contribution in [-0.4, -0.2) is 32.4 Å². The molecule has 0 radical (unpaired) electrons. The van der Waals surface area contributed by atoms with Crippen LogP contribution in [0.3, 0.4) is 0 Å². The number of hydrogen-bond donors (Lipinski definition) is 0. The smallest absolute Gasteiger partial charge is 0.231 e. The van der Waals surface area contributed by atoms with Gasteiger partial charge in [-0.3, -0.25) is 9.59 Å². The summed E-state index contributed by atoms with van der Waals surface area (Å²) in [7, 11) is 3.11. The highest BCUT2D eigenvalue weighted by molar-refractivity contribution is 6.30. The van der Waals surface area contributed by atoms with E-state index in [-0.39, 0.29) is 23.9 Å². The summed E-state index contributed by atoms with van der Waals surface area (Å²) >= 11 is 5.85. The van der Waals surface area contributed by atoms with Crippen molar-refractivity contribution in [2.45, 2.75) is 0 Å². The molecule has 0 fully saturated rings. The number of ketones is 2. The van der Waals surface area contributed by atoms with Crippen molar-refractivity contribution < 1.29 is 28.5 Å².